The minimum atomic E-state index is -0.960. The van der Waals surface area contributed by atoms with Crippen molar-refractivity contribution < 1.29 is 9.59 Å². The average Bonchev–Trinajstić information content (AvgIpc) is 2.17. The van der Waals surface area contributed by atoms with Gasteiger partial charge in [0.25, 0.3) is 0 Å². The predicted octanol–water partition coefficient (Wildman–Crippen LogP) is 2.84. The van der Waals surface area contributed by atoms with E-state index < -0.39 is 5.66 Å². The van der Waals surface area contributed by atoms with Crippen LogP contribution in [-0.4, -0.2) is 17.8 Å². The molecule has 4 nitrogen and oxygen atoms in total. The molecule has 0 rings (SSSR count). The van der Waals surface area contributed by atoms with Crippen LogP contribution in [0.1, 0.15) is 47.0 Å². The van der Waals surface area contributed by atoms with Gasteiger partial charge in [-0.25, -0.2) is 9.59 Å². The number of nitrogens with zero attached hydrogens (tertiary/aromatic N) is 2. The minimum Gasteiger partial charge on any atom is -0.211 e. The summed E-state index contributed by atoms with van der Waals surface area (Å²) in [5.74, 6) is 0.577. The topological polar surface area (TPSA) is 58.9 Å². The molecule has 0 aromatic carbocycles. The van der Waals surface area contributed by atoms with Gasteiger partial charge < -0.3 is 0 Å². The Morgan fingerprint density at radius 1 is 1.06 bits per heavy atom. The van der Waals surface area contributed by atoms with E-state index in [0.717, 1.165) is 12.8 Å². The van der Waals surface area contributed by atoms with Gasteiger partial charge in [0.2, 0.25) is 12.2 Å². The van der Waals surface area contributed by atoms with Crippen LogP contribution >= 0.6 is 0 Å². The normalized spacial score (nSPS) is 14.1. The molecule has 0 spiro atoms. The fraction of sp³-hybridized carbons (Fsp3) is 0.833. The molecule has 0 aliphatic heterocycles. The molecule has 0 aromatic rings. The first-order valence-corrected chi connectivity index (χ1v) is 5.66. The van der Waals surface area contributed by atoms with Crippen LogP contribution in [0.2, 0.25) is 0 Å². The van der Waals surface area contributed by atoms with Gasteiger partial charge in [-0.1, -0.05) is 34.1 Å². The van der Waals surface area contributed by atoms with Crippen molar-refractivity contribution in [3.63, 3.8) is 0 Å². The number of aliphatic imine (C=N–C) groups is 2. The highest BCUT2D eigenvalue weighted by atomic mass is 16.1. The summed E-state index contributed by atoms with van der Waals surface area (Å²) in [6, 6.07) is 0. The zero-order valence-corrected chi connectivity index (χ0v) is 10.5. The van der Waals surface area contributed by atoms with Crippen LogP contribution < -0.4 is 0 Å². The molecule has 0 saturated heterocycles. The van der Waals surface area contributed by atoms with Crippen molar-refractivity contribution in [3.05, 3.63) is 0 Å². The van der Waals surface area contributed by atoms with Crippen molar-refractivity contribution in [2.75, 3.05) is 0 Å². The highest BCUT2D eigenvalue weighted by molar-refractivity contribution is 5.39. The quantitative estimate of drug-likeness (QED) is 0.493. The van der Waals surface area contributed by atoms with Crippen molar-refractivity contribution in [2.45, 2.75) is 52.6 Å². The molecule has 4 heteroatoms. The van der Waals surface area contributed by atoms with Gasteiger partial charge in [-0.2, -0.15) is 9.98 Å². The molecule has 0 aliphatic carbocycles. The van der Waals surface area contributed by atoms with Crippen LogP contribution in [0, 0.1) is 11.8 Å². The molecule has 0 N–H and O–H groups in total. The van der Waals surface area contributed by atoms with Gasteiger partial charge in [-0.15, -0.1) is 0 Å². The second-order valence-electron chi connectivity index (χ2n) is 4.73. The Kier molecular flexibility index (Phi) is 6.55. The van der Waals surface area contributed by atoms with Crippen LogP contribution in [0.15, 0.2) is 9.98 Å². The molecule has 16 heavy (non-hydrogen) atoms. The largest absolute Gasteiger partial charge is 0.237 e. The lowest BCUT2D eigenvalue weighted by Crippen LogP contribution is -2.30. The SMILES string of the molecule is CC(C)CCCC(N=C=O)(N=C=O)C(C)C. The molecule has 0 bridgehead atoms. The summed E-state index contributed by atoms with van der Waals surface area (Å²) >= 11 is 0. The maximum atomic E-state index is 10.4. The third kappa shape index (κ3) is 4.52. The number of rotatable bonds is 7. The molecule has 0 aromatic heterocycles. The molecular weight excluding hydrogens is 204 g/mol. The Hall–Kier alpha value is -1.24. The molecule has 0 heterocycles. The second-order valence-corrected chi connectivity index (χ2v) is 4.73. The van der Waals surface area contributed by atoms with Gasteiger partial charge in [0.15, 0.2) is 5.66 Å². The summed E-state index contributed by atoms with van der Waals surface area (Å²) in [4.78, 5) is 28.2. The van der Waals surface area contributed by atoms with E-state index in [1.54, 1.807) is 0 Å². The Labute approximate surface area is 96.9 Å². The number of hydrogen-bond donors (Lipinski definition) is 0. The van der Waals surface area contributed by atoms with E-state index in [2.05, 4.69) is 23.8 Å². The number of isocyanates is 2. The summed E-state index contributed by atoms with van der Waals surface area (Å²) in [6.45, 7) is 8.03. The third-order valence-electron chi connectivity index (χ3n) is 2.73. The fourth-order valence-electron chi connectivity index (χ4n) is 1.61. The first-order valence-electron chi connectivity index (χ1n) is 5.66. The minimum absolute atomic E-state index is 0.0115. The average molecular weight is 224 g/mol. The van der Waals surface area contributed by atoms with Gasteiger partial charge in [0.1, 0.15) is 0 Å². The molecule has 90 valence electrons. The molecule has 0 saturated carbocycles. The molecule has 0 fully saturated rings. The van der Waals surface area contributed by atoms with Crippen LogP contribution in [0.3, 0.4) is 0 Å². The van der Waals surface area contributed by atoms with Crippen molar-refractivity contribution in [1.29, 1.82) is 0 Å². The van der Waals surface area contributed by atoms with E-state index in [1.807, 2.05) is 13.8 Å². The van der Waals surface area contributed by atoms with E-state index in [-0.39, 0.29) is 5.92 Å². The summed E-state index contributed by atoms with van der Waals surface area (Å²) in [7, 11) is 0. The van der Waals surface area contributed by atoms with E-state index >= 15 is 0 Å². The lowest BCUT2D eigenvalue weighted by atomic mass is 9.90. The van der Waals surface area contributed by atoms with E-state index in [0.29, 0.717) is 12.3 Å². The van der Waals surface area contributed by atoms with Crippen molar-refractivity contribution in [2.24, 2.45) is 21.8 Å². The number of carbonyl (C=O) groups excluding carboxylic acids is 2. The van der Waals surface area contributed by atoms with Gasteiger partial charge in [-0.3, -0.25) is 0 Å². The molecule has 0 amide bonds. The smallest absolute Gasteiger partial charge is 0.211 e. The Morgan fingerprint density at radius 3 is 1.88 bits per heavy atom. The maximum Gasteiger partial charge on any atom is 0.237 e. The van der Waals surface area contributed by atoms with E-state index in [1.165, 1.54) is 12.2 Å². The van der Waals surface area contributed by atoms with Crippen molar-refractivity contribution in [1.82, 2.24) is 0 Å². The summed E-state index contributed by atoms with van der Waals surface area (Å²) in [5, 5.41) is 0. The lowest BCUT2D eigenvalue weighted by Gasteiger charge is -2.26. The predicted molar refractivity (Wildman–Crippen MR) is 62.5 cm³/mol. The Balaban J connectivity index is 4.76. The van der Waals surface area contributed by atoms with Crippen LogP contribution in [0.5, 0.6) is 0 Å². The highest BCUT2D eigenvalue weighted by Crippen LogP contribution is 2.29. The van der Waals surface area contributed by atoms with Gasteiger partial charge in [-0.05, 0) is 18.8 Å². The highest BCUT2D eigenvalue weighted by Gasteiger charge is 2.32. The molecule has 0 unspecified atom stereocenters. The summed E-state index contributed by atoms with van der Waals surface area (Å²) in [6.07, 6.45) is 5.53. The van der Waals surface area contributed by atoms with Crippen molar-refractivity contribution in [3.8, 4) is 0 Å². The Bertz CT molecular complexity index is 280. The molecule has 0 atom stereocenters. The maximum absolute atomic E-state index is 10.4. The van der Waals surface area contributed by atoms with Crippen LogP contribution in [0.25, 0.3) is 0 Å². The zero-order chi connectivity index (χ0) is 12.6. The van der Waals surface area contributed by atoms with Crippen LogP contribution in [0.4, 0.5) is 0 Å². The van der Waals surface area contributed by atoms with Gasteiger partial charge in [0.05, 0.1) is 0 Å². The zero-order valence-electron chi connectivity index (χ0n) is 10.5. The van der Waals surface area contributed by atoms with Crippen LogP contribution in [-0.2, 0) is 9.59 Å². The number of hydrogen-bond acceptors (Lipinski definition) is 4. The Morgan fingerprint density at radius 2 is 1.56 bits per heavy atom. The van der Waals surface area contributed by atoms with Crippen molar-refractivity contribution >= 4 is 12.2 Å². The van der Waals surface area contributed by atoms with Gasteiger partial charge in [0, 0.05) is 5.92 Å². The molecule has 0 radical (unpaired) electrons. The molecular formula is C12H20N2O2. The third-order valence-corrected chi connectivity index (χ3v) is 2.73. The lowest BCUT2D eigenvalue weighted by molar-refractivity contribution is 0.287. The summed E-state index contributed by atoms with van der Waals surface area (Å²) in [5.41, 5.74) is -0.960. The second kappa shape index (κ2) is 7.10. The summed E-state index contributed by atoms with van der Waals surface area (Å²) < 4.78 is 0. The first kappa shape index (κ1) is 14.8. The monoisotopic (exact) mass is 224 g/mol. The molecule has 0 aliphatic rings. The van der Waals surface area contributed by atoms with E-state index in [9.17, 15) is 9.59 Å². The van der Waals surface area contributed by atoms with Gasteiger partial charge >= 0.3 is 0 Å². The van der Waals surface area contributed by atoms with E-state index in [4.69, 9.17) is 0 Å². The fourth-order valence-corrected chi connectivity index (χ4v) is 1.61. The first-order chi connectivity index (χ1) is 7.48. The standard InChI is InChI=1S/C12H20N2O2/c1-10(2)6-5-7-12(11(3)4,13-8-15)14-9-16/h10-11H,5-7H2,1-4H3.